The minimum atomic E-state index is -0.564. The average Bonchev–Trinajstić information content (AvgIpc) is 2.60. The summed E-state index contributed by atoms with van der Waals surface area (Å²) < 4.78 is 2.18. The summed E-state index contributed by atoms with van der Waals surface area (Å²) in [6.07, 6.45) is 4.12. The lowest BCUT2D eigenvalue weighted by molar-refractivity contribution is -0.123. The second-order valence-electron chi connectivity index (χ2n) is 7.78. The van der Waals surface area contributed by atoms with E-state index in [0.717, 1.165) is 17.4 Å². The van der Waals surface area contributed by atoms with Gasteiger partial charge in [0.25, 0.3) is 17.4 Å². The zero-order valence-corrected chi connectivity index (χ0v) is 17.7. The summed E-state index contributed by atoms with van der Waals surface area (Å²) in [6, 6.07) is 0. The highest BCUT2D eigenvalue weighted by molar-refractivity contribution is 6.21. The first-order valence-corrected chi connectivity index (χ1v) is 9.59. The second-order valence-corrected chi connectivity index (χ2v) is 7.78. The van der Waals surface area contributed by atoms with Crippen LogP contribution in [0.4, 0.5) is 0 Å². The van der Waals surface area contributed by atoms with E-state index in [9.17, 15) is 19.2 Å². The minimum absolute atomic E-state index is 0.0950. The standard InChI is InChI=1S/C20H32N4O4/c1-13(2)7-9-21-17(25)16(18(26)22-10-8-14(3)4)11-15-12-23(5)20(28)24(6)19(15)27/h11-14H,7-10H2,1-6H3,(H,21,25)(H,22,26). The molecule has 0 unspecified atom stereocenters. The van der Waals surface area contributed by atoms with E-state index in [2.05, 4.69) is 10.6 Å². The highest BCUT2D eigenvalue weighted by Gasteiger charge is 2.19. The fourth-order valence-electron chi connectivity index (χ4n) is 2.46. The number of carbonyl (C=O) groups is 2. The summed E-state index contributed by atoms with van der Waals surface area (Å²) in [5.74, 6) is -0.274. The highest BCUT2D eigenvalue weighted by atomic mass is 16.2. The third-order valence-corrected chi connectivity index (χ3v) is 4.28. The van der Waals surface area contributed by atoms with Gasteiger partial charge in [0, 0.05) is 33.4 Å². The van der Waals surface area contributed by atoms with E-state index >= 15 is 0 Å². The van der Waals surface area contributed by atoms with E-state index in [0.29, 0.717) is 24.9 Å². The molecule has 2 N–H and O–H groups in total. The van der Waals surface area contributed by atoms with E-state index in [1.54, 1.807) is 0 Å². The summed E-state index contributed by atoms with van der Waals surface area (Å²) in [7, 11) is 2.86. The summed E-state index contributed by atoms with van der Waals surface area (Å²) in [5.41, 5.74) is -1.10. The molecule has 0 radical (unpaired) electrons. The van der Waals surface area contributed by atoms with Crippen molar-refractivity contribution < 1.29 is 9.59 Å². The van der Waals surface area contributed by atoms with Crippen LogP contribution in [0.25, 0.3) is 6.08 Å². The Balaban J connectivity index is 3.21. The first kappa shape index (κ1) is 23.4. The van der Waals surface area contributed by atoms with Crippen LogP contribution in [0.1, 0.15) is 46.1 Å². The van der Waals surface area contributed by atoms with E-state index in [-0.39, 0.29) is 11.1 Å². The molecule has 1 heterocycles. The predicted molar refractivity (Wildman–Crippen MR) is 110 cm³/mol. The van der Waals surface area contributed by atoms with Gasteiger partial charge in [-0.3, -0.25) is 19.0 Å². The Morgan fingerprint density at radius 2 is 1.43 bits per heavy atom. The molecule has 0 bridgehead atoms. The minimum Gasteiger partial charge on any atom is -0.352 e. The SMILES string of the molecule is CC(C)CCNC(=O)C(=Cc1cn(C)c(=O)n(C)c1=O)C(=O)NCCC(C)C. The van der Waals surface area contributed by atoms with Crippen LogP contribution >= 0.6 is 0 Å². The molecule has 28 heavy (non-hydrogen) atoms. The molecule has 0 saturated heterocycles. The van der Waals surface area contributed by atoms with Crippen molar-refractivity contribution in [3.63, 3.8) is 0 Å². The molecule has 0 aromatic carbocycles. The van der Waals surface area contributed by atoms with Crippen molar-refractivity contribution in [2.75, 3.05) is 13.1 Å². The quantitative estimate of drug-likeness (QED) is 0.368. The molecular weight excluding hydrogens is 360 g/mol. The van der Waals surface area contributed by atoms with Crippen LogP contribution in [0.15, 0.2) is 21.4 Å². The smallest absolute Gasteiger partial charge is 0.330 e. The molecule has 8 heteroatoms. The topological polar surface area (TPSA) is 102 Å². The third-order valence-electron chi connectivity index (χ3n) is 4.28. The van der Waals surface area contributed by atoms with Crippen molar-refractivity contribution in [3.05, 3.63) is 38.2 Å². The van der Waals surface area contributed by atoms with Crippen molar-refractivity contribution in [2.24, 2.45) is 25.9 Å². The van der Waals surface area contributed by atoms with Gasteiger partial charge in [0.05, 0.1) is 5.56 Å². The largest absolute Gasteiger partial charge is 0.352 e. The normalized spacial score (nSPS) is 10.9. The lowest BCUT2D eigenvalue weighted by Crippen LogP contribution is -2.39. The van der Waals surface area contributed by atoms with Crippen molar-refractivity contribution in [2.45, 2.75) is 40.5 Å². The van der Waals surface area contributed by atoms with Gasteiger partial charge in [0.15, 0.2) is 0 Å². The molecule has 0 atom stereocenters. The van der Waals surface area contributed by atoms with Gasteiger partial charge in [-0.1, -0.05) is 27.7 Å². The number of nitrogens with one attached hydrogen (secondary N) is 2. The van der Waals surface area contributed by atoms with E-state index < -0.39 is 23.1 Å². The number of carbonyl (C=O) groups excluding carboxylic acids is 2. The lowest BCUT2D eigenvalue weighted by atomic mass is 10.1. The molecular formula is C20H32N4O4. The summed E-state index contributed by atoms with van der Waals surface area (Å²) in [5, 5.41) is 5.46. The molecule has 8 nitrogen and oxygen atoms in total. The number of aryl methyl sites for hydroxylation is 1. The maximum Gasteiger partial charge on any atom is 0.330 e. The molecule has 0 aliphatic rings. The number of aromatic nitrogens is 2. The Morgan fingerprint density at radius 3 is 1.86 bits per heavy atom. The molecule has 2 amide bonds. The van der Waals surface area contributed by atoms with Crippen molar-refractivity contribution in [1.29, 1.82) is 0 Å². The van der Waals surface area contributed by atoms with Gasteiger partial charge < -0.3 is 15.2 Å². The van der Waals surface area contributed by atoms with Gasteiger partial charge >= 0.3 is 5.69 Å². The number of amides is 2. The van der Waals surface area contributed by atoms with Crippen LogP contribution in [-0.2, 0) is 23.7 Å². The first-order valence-electron chi connectivity index (χ1n) is 9.59. The average molecular weight is 393 g/mol. The van der Waals surface area contributed by atoms with Crippen LogP contribution in [0.3, 0.4) is 0 Å². The molecule has 1 aromatic heterocycles. The summed E-state index contributed by atoms with van der Waals surface area (Å²) in [4.78, 5) is 49.4. The Hall–Kier alpha value is -2.64. The van der Waals surface area contributed by atoms with Crippen LogP contribution in [0.2, 0.25) is 0 Å². The zero-order chi connectivity index (χ0) is 21.4. The molecule has 0 saturated carbocycles. The zero-order valence-electron chi connectivity index (χ0n) is 17.7. The second kappa shape index (κ2) is 10.6. The monoisotopic (exact) mass is 392 g/mol. The Bertz CT molecular complexity index is 819. The Morgan fingerprint density at radius 1 is 0.964 bits per heavy atom. The predicted octanol–water partition coefficient (Wildman–Crippen LogP) is 0.792. The molecule has 0 aliphatic heterocycles. The van der Waals surface area contributed by atoms with Crippen LogP contribution in [0, 0.1) is 11.8 Å². The molecule has 0 spiro atoms. The lowest BCUT2D eigenvalue weighted by Gasteiger charge is -2.12. The Kier molecular flexibility index (Phi) is 8.88. The van der Waals surface area contributed by atoms with E-state index in [1.807, 2.05) is 27.7 Å². The number of hydrogen-bond donors (Lipinski definition) is 2. The van der Waals surface area contributed by atoms with E-state index in [1.165, 1.54) is 30.9 Å². The van der Waals surface area contributed by atoms with Gasteiger partial charge in [0.1, 0.15) is 5.57 Å². The molecule has 1 rings (SSSR count). The number of nitrogens with zero attached hydrogens (tertiary/aromatic N) is 2. The fourth-order valence-corrected chi connectivity index (χ4v) is 2.46. The Labute approximate surface area is 165 Å². The maximum atomic E-state index is 12.6. The first-order chi connectivity index (χ1) is 13.0. The number of hydrogen-bond acceptors (Lipinski definition) is 4. The third kappa shape index (κ3) is 6.83. The van der Waals surface area contributed by atoms with Gasteiger partial charge in [-0.25, -0.2) is 4.79 Å². The summed E-state index contributed by atoms with van der Waals surface area (Å²) >= 11 is 0. The molecule has 156 valence electrons. The van der Waals surface area contributed by atoms with Crippen molar-refractivity contribution >= 4 is 17.9 Å². The van der Waals surface area contributed by atoms with Crippen LogP contribution < -0.4 is 21.9 Å². The van der Waals surface area contributed by atoms with Crippen LogP contribution in [0.5, 0.6) is 0 Å². The maximum absolute atomic E-state index is 12.6. The fraction of sp³-hybridized carbons (Fsp3) is 0.600. The molecule has 1 aromatic rings. The number of rotatable bonds is 9. The van der Waals surface area contributed by atoms with Crippen molar-refractivity contribution in [1.82, 2.24) is 19.8 Å². The van der Waals surface area contributed by atoms with Crippen molar-refractivity contribution in [3.8, 4) is 0 Å². The highest BCUT2D eigenvalue weighted by Crippen LogP contribution is 2.05. The van der Waals surface area contributed by atoms with Gasteiger partial charge in [0.2, 0.25) is 0 Å². The van der Waals surface area contributed by atoms with E-state index in [4.69, 9.17) is 0 Å². The molecule has 0 aliphatic carbocycles. The van der Waals surface area contributed by atoms with Gasteiger partial charge in [-0.05, 0) is 30.8 Å². The molecule has 0 fully saturated rings. The van der Waals surface area contributed by atoms with Gasteiger partial charge in [-0.2, -0.15) is 0 Å². The van der Waals surface area contributed by atoms with Gasteiger partial charge in [-0.15, -0.1) is 0 Å². The summed E-state index contributed by atoms with van der Waals surface area (Å²) in [6.45, 7) is 9.01. The van der Waals surface area contributed by atoms with Crippen LogP contribution in [-0.4, -0.2) is 34.0 Å².